The van der Waals surface area contributed by atoms with Crippen molar-refractivity contribution in [3.8, 4) is 11.5 Å². The summed E-state index contributed by atoms with van der Waals surface area (Å²) in [5.74, 6) is 1.43. The Kier molecular flexibility index (Phi) is 14.1. The summed E-state index contributed by atoms with van der Waals surface area (Å²) in [6.45, 7) is 12.9. The number of rotatable bonds is 11. The first-order valence-corrected chi connectivity index (χ1v) is 16.1. The van der Waals surface area contributed by atoms with E-state index >= 15 is 0 Å². The molecule has 3 aromatic carbocycles. The standard InChI is InChI=1S/C24H31N3O2.C13H13BrN2O/c1-7-16(2)19(5)27-26-18(4)15-25-24(20-9-11-21(28)12-10-20)23-14-22(29-6)13-8-17(23)3;1-9(17)15-5-4-10-2-3-11-7-12(14)8-16-13(11)6-10/h8-14,16,28H,7,15H2,1-6H3;2-3,6-8H,4-5H2,1H3,(H,15,17)/b25-24?,26-18+,27-19-;. The SMILES string of the molecule is CC(=O)NCCc1ccc2cc(Br)cnc2c1.CCC(C)/C(C)=N\N=C(/C)CN=C(c1ccc(O)cc1)c1cc(OC)ccc1C. The minimum Gasteiger partial charge on any atom is -0.508 e. The van der Waals surface area contributed by atoms with E-state index < -0.39 is 0 Å². The number of benzene rings is 3. The number of carbonyl (C=O) groups excluding carboxylic acids is 1. The highest BCUT2D eigenvalue weighted by Crippen LogP contribution is 2.23. The lowest BCUT2D eigenvalue weighted by atomic mass is 9.97. The number of phenolic OH excluding ortho intramolecular Hbond substituents is 1. The molecule has 0 radical (unpaired) electrons. The molecule has 1 unspecified atom stereocenters. The van der Waals surface area contributed by atoms with E-state index in [0.717, 1.165) is 67.8 Å². The van der Waals surface area contributed by atoms with Gasteiger partial charge in [0.2, 0.25) is 5.91 Å². The van der Waals surface area contributed by atoms with Gasteiger partial charge in [0.1, 0.15) is 11.5 Å². The second-order valence-electron chi connectivity index (χ2n) is 11.2. The number of aryl methyl sites for hydroxylation is 1. The molecule has 0 fully saturated rings. The van der Waals surface area contributed by atoms with Gasteiger partial charge in [-0.05, 0) is 115 Å². The fourth-order valence-electron chi connectivity index (χ4n) is 4.40. The number of amides is 1. The molecule has 4 aromatic rings. The van der Waals surface area contributed by atoms with E-state index in [1.54, 1.807) is 25.4 Å². The Morgan fingerprint density at radius 3 is 2.43 bits per heavy atom. The predicted octanol–water partition coefficient (Wildman–Crippen LogP) is 8.11. The fraction of sp³-hybridized carbons (Fsp3) is 0.324. The van der Waals surface area contributed by atoms with Gasteiger partial charge in [0.15, 0.2) is 0 Å². The number of nitrogens with zero attached hydrogens (tertiary/aromatic N) is 4. The third-order valence-corrected chi connectivity index (χ3v) is 7.95. The molecule has 0 spiro atoms. The van der Waals surface area contributed by atoms with Crippen LogP contribution in [0.3, 0.4) is 0 Å². The molecule has 46 heavy (non-hydrogen) atoms. The predicted molar refractivity (Wildman–Crippen MR) is 194 cm³/mol. The van der Waals surface area contributed by atoms with Gasteiger partial charge < -0.3 is 15.2 Å². The average Bonchev–Trinajstić information content (AvgIpc) is 3.05. The van der Waals surface area contributed by atoms with Gasteiger partial charge in [-0.25, -0.2) is 0 Å². The summed E-state index contributed by atoms with van der Waals surface area (Å²) < 4.78 is 6.38. The molecular formula is C37H44BrN5O3. The van der Waals surface area contributed by atoms with Gasteiger partial charge in [-0.15, -0.1) is 0 Å². The first kappa shape index (κ1) is 36.1. The van der Waals surface area contributed by atoms with Crippen molar-refractivity contribution in [1.82, 2.24) is 10.3 Å². The van der Waals surface area contributed by atoms with Gasteiger partial charge >= 0.3 is 0 Å². The van der Waals surface area contributed by atoms with Gasteiger partial charge in [0.05, 0.1) is 30.6 Å². The summed E-state index contributed by atoms with van der Waals surface area (Å²) in [6.07, 6.45) is 3.66. The Hall–Kier alpha value is -4.37. The molecule has 1 heterocycles. The van der Waals surface area contributed by atoms with Gasteiger partial charge in [-0.3, -0.25) is 14.8 Å². The molecule has 0 aliphatic heterocycles. The molecule has 2 N–H and O–H groups in total. The molecule has 1 aromatic heterocycles. The number of carbonyl (C=O) groups is 1. The highest BCUT2D eigenvalue weighted by molar-refractivity contribution is 9.10. The van der Waals surface area contributed by atoms with Crippen LogP contribution < -0.4 is 10.1 Å². The van der Waals surface area contributed by atoms with Crippen molar-refractivity contribution in [2.75, 3.05) is 20.2 Å². The summed E-state index contributed by atoms with van der Waals surface area (Å²) in [7, 11) is 1.65. The lowest BCUT2D eigenvalue weighted by Gasteiger charge is -2.12. The van der Waals surface area contributed by atoms with Crippen molar-refractivity contribution in [2.24, 2.45) is 21.1 Å². The number of methoxy groups -OCH3 is 1. The average molecular weight is 687 g/mol. The van der Waals surface area contributed by atoms with Crippen molar-refractivity contribution >= 4 is 49.9 Å². The maximum Gasteiger partial charge on any atom is 0.216 e. The van der Waals surface area contributed by atoms with Crippen LogP contribution in [0.5, 0.6) is 11.5 Å². The van der Waals surface area contributed by atoms with Gasteiger partial charge in [-0.2, -0.15) is 10.2 Å². The molecule has 1 atom stereocenters. The molecule has 8 nitrogen and oxygen atoms in total. The number of aromatic nitrogens is 1. The number of pyridine rings is 1. The normalized spacial score (nSPS) is 12.7. The Morgan fingerprint density at radius 1 is 1.02 bits per heavy atom. The molecule has 9 heteroatoms. The number of nitrogens with one attached hydrogen (secondary N) is 1. The molecule has 0 bridgehead atoms. The zero-order valence-electron chi connectivity index (χ0n) is 27.8. The highest BCUT2D eigenvalue weighted by atomic mass is 79.9. The zero-order valence-corrected chi connectivity index (χ0v) is 29.4. The van der Waals surface area contributed by atoms with E-state index in [2.05, 4.69) is 68.5 Å². The van der Waals surface area contributed by atoms with Gasteiger partial charge in [-0.1, -0.05) is 32.0 Å². The Balaban J connectivity index is 0.000000286. The second kappa shape index (κ2) is 17.9. The van der Waals surface area contributed by atoms with Crippen LogP contribution in [0.25, 0.3) is 10.9 Å². The van der Waals surface area contributed by atoms with Crippen molar-refractivity contribution in [3.63, 3.8) is 0 Å². The van der Waals surface area contributed by atoms with Gasteiger partial charge in [0.25, 0.3) is 0 Å². The van der Waals surface area contributed by atoms with Gasteiger partial charge in [0, 0.05) is 46.4 Å². The summed E-state index contributed by atoms with van der Waals surface area (Å²) in [5.41, 5.74) is 7.86. The smallest absolute Gasteiger partial charge is 0.216 e. The van der Waals surface area contributed by atoms with Crippen LogP contribution >= 0.6 is 15.9 Å². The van der Waals surface area contributed by atoms with E-state index in [1.807, 2.05) is 57.2 Å². The quantitative estimate of drug-likeness (QED) is 0.123. The van der Waals surface area contributed by atoms with Crippen LogP contribution in [0.15, 0.2) is 92.6 Å². The van der Waals surface area contributed by atoms with Crippen molar-refractivity contribution in [3.05, 3.63) is 99.7 Å². The summed E-state index contributed by atoms with van der Waals surface area (Å²) in [6, 6.07) is 21.2. The number of ether oxygens (including phenoxy) is 1. The number of halogens is 1. The lowest BCUT2D eigenvalue weighted by Crippen LogP contribution is -2.22. The molecule has 0 aliphatic carbocycles. The fourth-order valence-corrected chi connectivity index (χ4v) is 4.75. The van der Waals surface area contributed by atoms with Crippen LogP contribution in [-0.2, 0) is 11.2 Å². The summed E-state index contributed by atoms with van der Waals surface area (Å²) in [4.78, 5) is 20.0. The van der Waals surface area contributed by atoms with Crippen molar-refractivity contribution in [2.45, 2.75) is 54.4 Å². The van der Waals surface area contributed by atoms with E-state index in [9.17, 15) is 9.90 Å². The zero-order chi connectivity index (χ0) is 33.6. The van der Waals surface area contributed by atoms with Crippen LogP contribution in [-0.4, -0.2) is 53.3 Å². The molecule has 1 amide bonds. The molecule has 4 rings (SSSR count). The highest BCUT2D eigenvalue weighted by Gasteiger charge is 2.12. The van der Waals surface area contributed by atoms with Crippen LogP contribution in [0.1, 0.15) is 63.3 Å². The number of phenols is 1. The number of aliphatic imine (C=N–C) groups is 1. The third-order valence-electron chi connectivity index (χ3n) is 7.51. The first-order valence-electron chi connectivity index (χ1n) is 15.4. The second-order valence-corrected chi connectivity index (χ2v) is 12.1. The maximum atomic E-state index is 10.8. The van der Waals surface area contributed by atoms with E-state index in [0.29, 0.717) is 19.0 Å². The first-order chi connectivity index (χ1) is 22.0. The minimum absolute atomic E-state index is 0.00726. The molecular weight excluding hydrogens is 642 g/mol. The van der Waals surface area contributed by atoms with E-state index in [1.165, 1.54) is 12.5 Å². The lowest BCUT2D eigenvalue weighted by molar-refractivity contribution is -0.118. The van der Waals surface area contributed by atoms with Crippen molar-refractivity contribution < 1.29 is 14.6 Å². The summed E-state index contributed by atoms with van der Waals surface area (Å²) >= 11 is 3.40. The minimum atomic E-state index is 0.00726. The number of hydrogen-bond acceptors (Lipinski definition) is 7. The van der Waals surface area contributed by atoms with E-state index in [-0.39, 0.29) is 11.7 Å². The van der Waals surface area contributed by atoms with Crippen LogP contribution in [0, 0.1) is 12.8 Å². The number of aromatic hydroxyl groups is 1. The Bertz CT molecular complexity index is 1710. The van der Waals surface area contributed by atoms with Crippen molar-refractivity contribution in [1.29, 1.82) is 0 Å². The maximum absolute atomic E-state index is 10.8. The number of fused-ring (bicyclic) bond motifs is 1. The topological polar surface area (TPSA) is 109 Å². The largest absolute Gasteiger partial charge is 0.508 e. The van der Waals surface area contributed by atoms with E-state index in [4.69, 9.17) is 9.73 Å². The molecule has 0 aliphatic rings. The molecule has 0 saturated heterocycles. The monoisotopic (exact) mass is 685 g/mol. The van der Waals surface area contributed by atoms with Crippen LogP contribution in [0.2, 0.25) is 0 Å². The summed E-state index contributed by atoms with van der Waals surface area (Å²) in [5, 5.41) is 22.3. The Labute approximate surface area is 280 Å². The Morgan fingerprint density at radius 2 is 1.76 bits per heavy atom. The number of hydrogen-bond donors (Lipinski definition) is 2. The molecule has 242 valence electrons. The van der Waals surface area contributed by atoms with Crippen LogP contribution in [0.4, 0.5) is 0 Å². The molecule has 0 saturated carbocycles. The third kappa shape index (κ3) is 11.2.